The van der Waals surface area contributed by atoms with Gasteiger partial charge in [-0.3, -0.25) is 4.79 Å². The van der Waals surface area contributed by atoms with E-state index in [0.29, 0.717) is 0 Å². The van der Waals surface area contributed by atoms with E-state index in [2.05, 4.69) is 10.0 Å². The second kappa shape index (κ2) is 6.06. The number of carbonyl (C=O) groups excluding carboxylic acids is 1. The summed E-state index contributed by atoms with van der Waals surface area (Å²) < 4.78 is 26.7. The molecule has 20 heavy (non-hydrogen) atoms. The molecule has 0 saturated carbocycles. The number of aromatic nitrogens is 1. The molecule has 0 aliphatic carbocycles. The van der Waals surface area contributed by atoms with E-state index in [9.17, 15) is 18.0 Å². The molecule has 0 aromatic carbocycles. The minimum atomic E-state index is -3.65. The van der Waals surface area contributed by atoms with Crippen LogP contribution in [0.3, 0.4) is 0 Å². The Kier molecular flexibility index (Phi) is 4.90. The lowest BCUT2D eigenvalue weighted by Crippen LogP contribution is -2.40. The van der Waals surface area contributed by atoms with Crippen LogP contribution in [0.25, 0.3) is 0 Å². The van der Waals surface area contributed by atoms with Crippen molar-refractivity contribution in [3.05, 3.63) is 18.0 Å². The molecule has 0 unspecified atom stereocenters. The number of rotatable bonds is 6. The zero-order valence-corrected chi connectivity index (χ0v) is 12.2. The van der Waals surface area contributed by atoms with Crippen molar-refractivity contribution in [2.75, 3.05) is 7.05 Å². The molecule has 0 fully saturated rings. The van der Waals surface area contributed by atoms with E-state index in [1.54, 1.807) is 6.92 Å². The van der Waals surface area contributed by atoms with E-state index in [0.717, 1.165) is 0 Å². The van der Waals surface area contributed by atoms with Crippen molar-refractivity contribution in [2.45, 2.75) is 24.3 Å². The maximum absolute atomic E-state index is 12.0. The fourth-order valence-electron chi connectivity index (χ4n) is 1.60. The number of nitrogens with one attached hydrogen (secondary N) is 2. The predicted molar refractivity (Wildman–Crippen MR) is 70.8 cm³/mol. The zero-order valence-electron chi connectivity index (χ0n) is 11.4. The number of carbonyl (C=O) groups is 2. The SMILES string of the molecule is CC[C@H](NC(=O)c1cc(S(=O)(=O)NC)cn1C)C(=O)O. The highest BCUT2D eigenvalue weighted by Crippen LogP contribution is 2.13. The van der Waals surface area contributed by atoms with Crippen LogP contribution in [0.15, 0.2) is 17.2 Å². The van der Waals surface area contributed by atoms with Crippen LogP contribution in [0, 0.1) is 0 Å². The van der Waals surface area contributed by atoms with E-state index >= 15 is 0 Å². The van der Waals surface area contributed by atoms with Gasteiger partial charge in [0.25, 0.3) is 5.91 Å². The average molecular weight is 303 g/mol. The number of nitrogens with zero attached hydrogens (tertiary/aromatic N) is 1. The summed E-state index contributed by atoms with van der Waals surface area (Å²) in [7, 11) is -0.882. The summed E-state index contributed by atoms with van der Waals surface area (Å²) in [5.41, 5.74) is 0.0681. The number of hydrogen-bond acceptors (Lipinski definition) is 4. The van der Waals surface area contributed by atoms with Gasteiger partial charge in [0.05, 0.1) is 0 Å². The van der Waals surface area contributed by atoms with Crippen LogP contribution in [-0.4, -0.2) is 43.1 Å². The quantitative estimate of drug-likeness (QED) is 0.656. The topological polar surface area (TPSA) is 117 Å². The molecule has 3 N–H and O–H groups in total. The molecular formula is C11H17N3O5S. The Hall–Kier alpha value is -1.87. The summed E-state index contributed by atoms with van der Waals surface area (Å²) in [6, 6.07) is 0.178. The molecule has 0 radical (unpaired) electrons. The molecule has 1 heterocycles. The van der Waals surface area contributed by atoms with E-state index in [4.69, 9.17) is 5.11 Å². The van der Waals surface area contributed by atoms with Crippen molar-refractivity contribution in [2.24, 2.45) is 7.05 Å². The Morgan fingerprint density at radius 2 is 2.05 bits per heavy atom. The lowest BCUT2D eigenvalue weighted by atomic mass is 10.2. The molecule has 0 saturated heterocycles. The summed E-state index contributed by atoms with van der Waals surface area (Å²) in [5, 5.41) is 11.2. The number of aliphatic carboxylic acids is 1. The van der Waals surface area contributed by atoms with Crippen LogP contribution in [0.1, 0.15) is 23.8 Å². The number of aryl methyl sites for hydroxylation is 1. The first-order chi connectivity index (χ1) is 9.22. The molecule has 8 nitrogen and oxygen atoms in total. The zero-order chi connectivity index (χ0) is 15.5. The van der Waals surface area contributed by atoms with Gasteiger partial charge in [0.1, 0.15) is 16.6 Å². The first kappa shape index (κ1) is 16.2. The van der Waals surface area contributed by atoms with Crippen LogP contribution in [0.4, 0.5) is 0 Å². The van der Waals surface area contributed by atoms with Crippen LogP contribution in [-0.2, 0) is 21.9 Å². The molecule has 112 valence electrons. The maximum atomic E-state index is 12.0. The van der Waals surface area contributed by atoms with Gasteiger partial charge >= 0.3 is 5.97 Å². The van der Waals surface area contributed by atoms with Gasteiger partial charge in [-0.25, -0.2) is 17.9 Å². The van der Waals surface area contributed by atoms with Crippen molar-refractivity contribution in [3.8, 4) is 0 Å². The van der Waals surface area contributed by atoms with Crippen molar-refractivity contribution < 1.29 is 23.1 Å². The second-order valence-electron chi connectivity index (χ2n) is 4.15. The van der Waals surface area contributed by atoms with E-state index in [-0.39, 0.29) is 17.0 Å². The standard InChI is InChI=1S/C11H17N3O5S/c1-4-8(11(16)17)13-10(15)9-5-7(6-14(9)3)20(18,19)12-2/h5-6,8,12H,4H2,1-3H3,(H,13,15)(H,16,17)/t8-/m0/s1. The van der Waals surface area contributed by atoms with Gasteiger partial charge in [0.2, 0.25) is 10.0 Å². The predicted octanol–water partition coefficient (Wildman–Crippen LogP) is -0.474. The fraction of sp³-hybridized carbons (Fsp3) is 0.455. The third-order valence-electron chi connectivity index (χ3n) is 2.80. The molecule has 1 aromatic heterocycles. The Morgan fingerprint density at radius 1 is 1.45 bits per heavy atom. The first-order valence-corrected chi connectivity index (χ1v) is 7.34. The minimum absolute atomic E-state index is 0.0592. The van der Waals surface area contributed by atoms with Gasteiger partial charge in [-0.15, -0.1) is 0 Å². The lowest BCUT2D eigenvalue weighted by Gasteiger charge is -2.12. The highest BCUT2D eigenvalue weighted by Gasteiger charge is 2.23. The Morgan fingerprint density at radius 3 is 2.50 bits per heavy atom. The van der Waals surface area contributed by atoms with E-state index in [1.165, 1.54) is 30.9 Å². The molecule has 1 rings (SSSR count). The third-order valence-corrected chi connectivity index (χ3v) is 4.18. The van der Waals surface area contributed by atoms with Gasteiger partial charge in [-0.05, 0) is 19.5 Å². The first-order valence-electron chi connectivity index (χ1n) is 5.86. The Balaban J connectivity index is 3.04. The summed E-state index contributed by atoms with van der Waals surface area (Å²) in [6.45, 7) is 1.63. The lowest BCUT2D eigenvalue weighted by molar-refractivity contribution is -0.139. The van der Waals surface area contributed by atoms with Crippen molar-refractivity contribution in [1.29, 1.82) is 0 Å². The average Bonchev–Trinajstić information content (AvgIpc) is 2.78. The van der Waals surface area contributed by atoms with Crippen LogP contribution in [0.5, 0.6) is 0 Å². The molecule has 0 spiro atoms. The summed E-state index contributed by atoms with van der Waals surface area (Å²) in [4.78, 5) is 22.8. The molecular weight excluding hydrogens is 286 g/mol. The second-order valence-corrected chi connectivity index (χ2v) is 6.04. The largest absolute Gasteiger partial charge is 0.480 e. The number of amides is 1. The number of carboxylic acid groups (broad SMARTS) is 1. The van der Waals surface area contributed by atoms with Crippen LogP contribution >= 0.6 is 0 Å². The van der Waals surface area contributed by atoms with Crippen LogP contribution in [0.2, 0.25) is 0 Å². The monoisotopic (exact) mass is 303 g/mol. The molecule has 0 aliphatic rings. The maximum Gasteiger partial charge on any atom is 0.326 e. The van der Waals surface area contributed by atoms with Gasteiger partial charge in [0, 0.05) is 13.2 Å². The third kappa shape index (κ3) is 3.36. The summed E-state index contributed by atoms with van der Waals surface area (Å²) in [6.07, 6.45) is 1.51. The Bertz CT molecular complexity index is 620. The highest BCUT2D eigenvalue weighted by molar-refractivity contribution is 7.89. The van der Waals surface area contributed by atoms with Gasteiger partial charge < -0.3 is 15.0 Å². The molecule has 1 amide bonds. The van der Waals surface area contributed by atoms with Gasteiger partial charge in [0.15, 0.2) is 0 Å². The van der Waals surface area contributed by atoms with E-state index < -0.39 is 27.9 Å². The van der Waals surface area contributed by atoms with Crippen molar-refractivity contribution in [3.63, 3.8) is 0 Å². The number of carboxylic acids is 1. The molecule has 9 heteroatoms. The van der Waals surface area contributed by atoms with Gasteiger partial charge in [-0.2, -0.15) is 0 Å². The normalized spacial score (nSPS) is 12.9. The van der Waals surface area contributed by atoms with Gasteiger partial charge in [-0.1, -0.05) is 6.92 Å². The van der Waals surface area contributed by atoms with Crippen molar-refractivity contribution >= 4 is 21.9 Å². The van der Waals surface area contributed by atoms with Crippen molar-refractivity contribution in [1.82, 2.24) is 14.6 Å². The number of sulfonamides is 1. The Labute approximate surface area is 116 Å². The fourth-order valence-corrected chi connectivity index (χ4v) is 2.39. The summed E-state index contributed by atoms with van der Waals surface area (Å²) >= 11 is 0. The summed E-state index contributed by atoms with van der Waals surface area (Å²) in [5.74, 6) is -1.78. The molecule has 1 atom stereocenters. The molecule has 0 bridgehead atoms. The minimum Gasteiger partial charge on any atom is -0.480 e. The molecule has 1 aromatic rings. The van der Waals surface area contributed by atoms with Crippen LogP contribution < -0.4 is 10.0 Å². The van der Waals surface area contributed by atoms with E-state index in [1.807, 2.05) is 0 Å². The number of hydrogen-bond donors (Lipinski definition) is 3. The highest BCUT2D eigenvalue weighted by atomic mass is 32.2. The smallest absolute Gasteiger partial charge is 0.326 e. The molecule has 0 aliphatic heterocycles.